The van der Waals surface area contributed by atoms with Gasteiger partial charge in [0.1, 0.15) is 0 Å². The molecule has 0 aromatic heterocycles. The van der Waals surface area contributed by atoms with Crippen LogP contribution in [-0.4, -0.2) is 59.8 Å². The van der Waals surface area contributed by atoms with Crippen molar-refractivity contribution in [1.82, 2.24) is 0 Å². The minimum Gasteiger partial charge on any atom is -3.00 e. The molecule has 0 aliphatic rings. The molecular weight excluding hydrogens is 381 g/mol. The fraction of sp³-hybridized carbons (Fsp3) is 0. The van der Waals surface area contributed by atoms with Crippen molar-refractivity contribution in [2.45, 2.75) is 0 Å². The molecule has 0 aromatic carbocycles. The van der Waals surface area contributed by atoms with Crippen molar-refractivity contribution in [3.63, 3.8) is 0 Å². The van der Waals surface area contributed by atoms with Crippen LogP contribution in [0.1, 0.15) is 0 Å². The van der Waals surface area contributed by atoms with Gasteiger partial charge in [0.25, 0.3) is 0 Å². The molecule has 0 amide bonds. The predicted molar refractivity (Wildman–Crippen MR) is 17.3 cm³/mol. The molecule has 0 radical (unpaired) electrons. The monoisotopic (exact) mass is 384 g/mol. The fourth-order valence-corrected chi connectivity index (χ4v) is 0. The van der Waals surface area contributed by atoms with Gasteiger partial charge in [0.05, 0.1) is 0 Å². The second kappa shape index (κ2) is 17.0. The van der Waals surface area contributed by atoms with Gasteiger partial charge in [-0.3, -0.25) is 0 Å². The van der Waals surface area contributed by atoms with Gasteiger partial charge in [0.2, 0.25) is 0 Å². The molecule has 0 atom stereocenters. The second-order valence-corrected chi connectivity index (χ2v) is 0. The SMILES string of the molecule is [As-3].[As-3].[Cd+2].[Sn+4]. The van der Waals surface area contributed by atoms with Crippen molar-refractivity contribution in [3.05, 3.63) is 0 Å². The summed E-state index contributed by atoms with van der Waals surface area (Å²) in [6.45, 7) is 0. The maximum absolute atomic E-state index is 0. The molecule has 0 N–H and O–H groups in total. The Balaban J connectivity index is 0. The molecule has 0 bridgehead atoms. The Kier molecular flexibility index (Phi) is 123. The van der Waals surface area contributed by atoms with Crippen LogP contribution in [0.5, 0.6) is 0 Å². The van der Waals surface area contributed by atoms with Crippen LogP contribution in [0.3, 0.4) is 0 Å². The predicted octanol–water partition coefficient (Wildman–Crippen LogP) is -1.14. The van der Waals surface area contributed by atoms with E-state index in [0.29, 0.717) is 0 Å². The third-order valence-corrected chi connectivity index (χ3v) is 0. The first-order valence-electron chi connectivity index (χ1n) is 0. The van der Waals surface area contributed by atoms with Crippen molar-refractivity contribution in [2.24, 2.45) is 0 Å². The summed E-state index contributed by atoms with van der Waals surface area (Å²) in [6, 6.07) is 0. The van der Waals surface area contributed by atoms with Crippen LogP contribution in [0, 0.1) is 0 Å². The zero-order chi connectivity index (χ0) is 0. The second-order valence-electron chi connectivity index (χ2n) is 0. The van der Waals surface area contributed by atoms with Gasteiger partial charge in [-0.15, -0.1) is 0 Å². The molecule has 0 aliphatic carbocycles. The minimum absolute atomic E-state index is 0. The number of hydrogen-bond donors (Lipinski definition) is 0. The van der Waals surface area contributed by atoms with E-state index in [0.717, 1.165) is 0 Å². The Hall–Kier alpha value is 2.84. The molecule has 0 saturated heterocycles. The van der Waals surface area contributed by atoms with Crippen molar-refractivity contribution < 1.29 is 27.3 Å². The van der Waals surface area contributed by atoms with E-state index in [2.05, 4.69) is 0 Å². The van der Waals surface area contributed by atoms with Gasteiger partial charge in [0, 0.05) is 0 Å². The van der Waals surface area contributed by atoms with Gasteiger partial charge in [-0.25, -0.2) is 0 Å². The number of rotatable bonds is 0. The Morgan fingerprint density at radius 2 is 0.750 bits per heavy atom. The van der Waals surface area contributed by atoms with Crippen molar-refractivity contribution in [3.8, 4) is 0 Å². The summed E-state index contributed by atoms with van der Waals surface area (Å²) < 4.78 is 0. The van der Waals surface area contributed by atoms with Crippen molar-refractivity contribution in [1.29, 1.82) is 0 Å². The maximum Gasteiger partial charge on any atom is 4.00 e. The van der Waals surface area contributed by atoms with E-state index in [1.807, 2.05) is 0 Å². The third kappa shape index (κ3) is 8.85. The van der Waals surface area contributed by atoms with Gasteiger partial charge in [-0.2, -0.15) is 0 Å². The van der Waals surface area contributed by atoms with Crippen molar-refractivity contribution in [2.75, 3.05) is 0 Å². The van der Waals surface area contributed by atoms with E-state index in [-0.39, 0.29) is 87.1 Å². The summed E-state index contributed by atoms with van der Waals surface area (Å²) in [5, 5.41) is 0. The molecule has 0 saturated carbocycles. The van der Waals surface area contributed by atoms with Crippen LogP contribution >= 0.6 is 0 Å². The molecule has 0 aliphatic heterocycles. The Morgan fingerprint density at radius 3 is 0.750 bits per heavy atom. The van der Waals surface area contributed by atoms with Crippen LogP contribution in [0.4, 0.5) is 0 Å². The molecule has 0 fully saturated rings. The third-order valence-electron chi connectivity index (χ3n) is 0. The zero-order valence-electron chi connectivity index (χ0n) is 2.10. The smallest absolute Gasteiger partial charge is 3.00 e. The molecule has 0 spiro atoms. The summed E-state index contributed by atoms with van der Waals surface area (Å²) in [5.41, 5.74) is 0. The van der Waals surface area contributed by atoms with E-state index in [9.17, 15) is 0 Å². The molecule has 0 heterocycles. The first kappa shape index (κ1) is 28.9. The Morgan fingerprint density at radius 1 is 0.750 bits per heavy atom. The Bertz CT molecular complexity index is 6.00. The zero-order valence-corrected chi connectivity index (χ0v) is 12.7. The average molecular weight is 381 g/mol. The summed E-state index contributed by atoms with van der Waals surface area (Å²) in [6.07, 6.45) is 0. The van der Waals surface area contributed by atoms with Gasteiger partial charge >= 0.3 is 51.2 Å². The van der Waals surface area contributed by atoms with Gasteiger partial charge in [-0.05, 0) is 0 Å². The summed E-state index contributed by atoms with van der Waals surface area (Å²) >= 11 is 0. The standard InChI is InChI=1S/2As.Cd.Sn/q2*-3;+2;+4. The molecule has 4 heavy (non-hydrogen) atoms. The summed E-state index contributed by atoms with van der Waals surface area (Å²) in [4.78, 5) is 0. The van der Waals surface area contributed by atoms with E-state index in [1.165, 1.54) is 0 Å². The molecule has 0 rings (SSSR count). The first-order valence-corrected chi connectivity index (χ1v) is 0. The van der Waals surface area contributed by atoms with Crippen molar-refractivity contribution >= 4 is 59.8 Å². The Labute approximate surface area is 85.6 Å². The molecule has 16 valence electrons. The van der Waals surface area contributed by atoms with Gasteiger partial charge in [-0.1, -0.05) is 0 Å². The van der Waals surface area contributed by atoms with E-state index >= 15 is 0 Å². The maximum atomic E-state index is 0. The van der Waals surface area contributed by atoms with Gasteiger partial charge in [0.15, 0.2) is 0 Å². The first-order chi connectivity index (χ1) is 0. The van der Waals surface area contributed by atoms with Crippen LogP contribution < -0.4 is 0 Å². The fourth-order valence-electron chi connectivity index (χ4n) is 0. The van der Waals surface area contributed by atoms with E-state index in [4.69, 9.17) is 0 Å². The van der Waals surface area contributed by atoms with Crippen LogP contribution in [-0.2, 0) is 27.3 Å². The number of hydrogen-bond acceptors (Lipinski definition) is 0. The molecule has 0 unspecified atom stereocenters. The van der Waals surface area contributed by atoms with E-state index in [1.54, 1.807) is 0 Å². The summed E-state index contributed by atoms with van der Waals surface area (Å²) in [5.74, 6) is 0. The average Bonchev–Trinajstić information content (AvgIpc) is 0. The van der Waals surface area contributed by atoms with Crippen LogP contribution in [0.2, 0.25) is 0 Å². The largest absolute Gasteiger partial charge is 4.00 e. The molecule has 0 nitrogen and oxygen atoms in total. The molecular formula is As2CdSn. The molecule has 0 aromatic rings. The summed E-state index contributed by atoms with van der Waals surface area (Å²) in [7, 11) is 0. The topological polar surface area (TPSA) is 0 Å². The van der Waals surface area contributed by atoms with Crippen LogP contribution in [0.15, 0.2) is 0 Å². The quantitative estimate of drug-likeness (QED) is 0.466. The minimum atomic E-state index is 0. The normalized spacial score (nSPS) is 0. The van der Waals surface area contributed by atoms with Crippen LogP contribution in [0.25, 0.3) is 0 Å². The molecule has 4 heteroatoms. The van der Waals surface area contributed by atoms with E-state index < -0.39 is 0 Å². The van der Waals surface area contributed by atoms with Gasteiger partial charge < -0.3 is 35.9 Å².